The number of nitrogens with zero attached hydrogens (tertiary/aromatic N) is 2. The number of aromatic nitrogens is 1. The van der Waals surface area contributed by atoms with Gasteiger partial charge in [-0.25, -0.2) is 4.98 Å². The fraction of sp³-hybridized carbons (Fsp3) is 0.583. The molecule has 0 bridgehead atoms. The second-order valence-electron chi connectivity index (χ2n) is 4.88. The molecule has 0 atom stereocenters. The van der Waals surface area contributed by atoms with Crippen LogP contribution in [0.15, 0.2) is 12.3 Å². The summed E-state index contributed by atoms with van der Waals surface area (Å²) in [5.74, 6) is 0.749. The van der Waals surface area contributed by atoms with E-state index in [1.165, 1.54) is 12.3 Å². The maximum absolute atomic E-state index is 10.9. The molecule has 1 aliphatic carbocycles. The van der Waals surface area contributed by atoms with E-state index in [0.29, 0.717) is 11.7 Å². The largest absolute Gasteiger partial charge is 0.377 e. The molecule has 6 heteroatoms. The van der Waals surface area contributed by atoms with Gasteiger partial charge in [0.15, 0.2) is 0 Å². The van der Waals surface area contributed by atoms with Gasteiger partial charge in [-0.3, -0.25) is 10.1 Å². The molecular weight excluding hydrogens is 254 g/mol. The molecule has 0 saturated heterocycles. The molecule has 1 aromatic rings. The van der Waals surface area contributed by atoms with Crippen molar-refractivity contribution in [2.45, 2.75) is 38.6 Å². The Morgan fingerprint density at radius 2 is 2.11 bits per heavy atom. The van der Waals surface area contributed by atoms with Gasteiger partial charge >= 0.3 is 5.69 Å². The molecule has 18 heavy (non-hydrogen) atoms. The number of nitro groups is 1. The smallest absolute Gasteiger partial charge is 0.310 e. The lowest BCUT2D eigenvalue weighted by Crippen LogP contribution is -2.25. The quantitative estimate of drug-likeness (QED) is 0.517. The van der Waals surface area contributed by atoms with Crippen LogP contribution in [0.25, 0.3) is 0 Å². The summed E-state index contributed by atoms with van der Waals surface area (Å²) in [4.78, 5) is 14.2. The molecule has 0 radical (unpaired) electrons. The highest BCUT2D eigenvalue weighted by Gasteiger charge is 2.22. The third-order valence-electron chi connectivity index (χ3n) is 3.42. The predicted molar refractivity (Wildman–Crippen MR) is 70.9 cm³/mol. The zero-order valence-corrected chi connectivity index (χ0v) is 11.0. The maximum Gasteiger partial charge on any atom is 0.310 e. The van der Waals surface area contributed by atoms with Gasteiger partial charge in [-0.2, -0.15) is 0 Å². The monoisotopic (exact) mass is 269 g/mol. The summed E-state index contributed by atoms with van der Waals surface area (Å²) in [5.41, 5.74) is 0.456. The van der Waals surface area contributed by atoms with Crippen LogP contribution in [0.3, 0.4) is 0 Å². The van der Waals surface area contributed by atoms with E-state index in [4.69, 9.17) is 11.6 Å². The SMILES string of the molecule is CC1CCC(Nc2cc(Cl)ncc2[N+](=O)[O-])CC1. The van der Waals surface area contributed by atoms with Crippen LogP contribution in [0.2, 0.25) is 5.15 Å². The number of hydrogen-bond acceptors (Lipinski definition) is 4. The summed E-state index contributed by atoms with van der Waals surface area (Å²) in [6.07, 6.45) is 5.60. The van der Waals surface area contributed by atoms with Crippen LogP contribution >= 0.6 is 11.6 Å². The Balaban J connectivity index is 2.12. The Hall–Kier alpha value is -1.36. The van der Waals surface area contributed by atoms with Crippen LogP contribution in [0.5, 0.6) is 0 Å². The minimum atomic E-state index is -0.433. The Morgan fingerprint density at radius 3 is 2.72 bits per heavy atom. The molecule has 98 valence electrons. The second kappa shape index (κ2) is 5.52. The number of nitrogens with one attached hydrogen (secondary N) is 1. The Morgan fingerprint density at radius 1 is 1.44 bits per heavy atom. The topological polar surface area (TPSA) is 68.1 Å². The summed E-state index contributed by atoms with van der Waals surface area (Å²) >= 11 is 5.79. The van der Waals surface area contributed by atoms with Crippen molar-refractivity contribution < 1.29 is 4.92 Å². The molecular formula is C12H16ClN3O2. The number of hydrogen-bond donors (Lipinski definition) is 1. The summed E-state index contributed by atoms with van der Waals surface area (Å²) in [6.45, 7) is 2.24. The van der Waals surface area contributed by atoms with E-state index in [-0.39, 0.29) is 10.8 Å². The molecule has 2 rings (SSSR count). The number of halogens is 1. The molecule has 0 spiro atoms. The molecule has 0 unspecified atom stereocenters. The lowest BCUT2D eigenvalue weighted by Gasteiger charge is -2.27. The van der Waals surface area contributed by atoms with E-state index in [0.717, 1.165) is 31.6 Å². The molecule has 1 aliphatic rings. The van der Waals surface area contributed by atoms with E-state index in [1.54, 1.807) is 0 Å². The lowest BCUT2D eigenvalue weighted by molar-refractivity contribution is -0.384. The predicted octanol–water partition coefficient (Wildman–Crippen LogP) is 3.63. The molecule has 0 amide bonds. The van der Waals surface area contributed by atoms with Crippen molar-refractivity contribution in [3.63, 3.8) is 0 Å². The van der Waals surface area contributed by atoms with Crippen LogP contribution < -0.4 is 5.32 Å². The first-order valence-corrected chi connectivity index (χ1v) is 6.50. The summed E-state index contributed by atoms with van der Waals surface area (Å²) in [5, 5.41) is 14.4. The highest BCUT2D eigenvalue weighted by molar-refractivity contribution is 6.29. The molecule has 1 saturated carbocycles. The van der Waals surface area contributed by atoms with Crippen molar-refractivity contribution >= 4 is 23.0 Å². The van der Waals surface area contributed by atoms with Crippen molar-refractivity contribution in [1.82, 2.24) is 4.98 Å². The fourth-order valence-electron chi connectivity index (χ4n) is 2.31. The molecule has 1 aromatic heterocycles. The van der Waals surface area contributed by atoms with E-state index >= 15 is 0 Å². The van der Waals surface area contributed by atoms with E-state index < -0.39 is 4.92 Å². The highest BCUT2D eigenvalue weighted by Crippen LogP contribution is 2.30. The van der Waals surface area contributed by atoms with Gasteiger partial charge in [-0.05, 0) is 31.6 Å². The first-order chi connectivity index (χ1) is 8.56. The van der Waals surface area contributed by atoms with Crippen molar-refractivity contribution in [2.75, 3.05) is 5.32 Å². The molecule has 0 aliphatic heterocycles. The lowest BCUT2D eigenvalue weighted by atomic mass is 9.87. The van der Waals surface area contributed by atoms with E-state index in [1.807, 2.05) is 0 Å². The van der Waals surface area contributed by atoms with Crippen LogP contribution in [0.4, 0.5) is 11.4 Å². The van der Waals surface area contributed by atoms with Crippen LogP contribution in [0, 0.1) is 16.0 Å². The minimum Gasteiger partial charge on any atom is -0.377 e. The molecule has 1 N–H and O–H groups in total. The fourth-order valence-corrected chi connectivity index (χ4v) is 2.47. The Bertz CT molecular complexity index is 445. The van der Waals surface area contributed by atoms with Gasteiger partial charge < -0.3 is 5.32 Å². The zero-order chi connectivity index (χ0) is 13.1. The average Bonchev–Trinajstić information content (AvgIpc) is 2.32. The van der Waals surface area contributed by atoms with Crippen LogP contribution in [-0.4, -0.2) is 15.9 Å². The number of pyridine rings is 1. The van der Waals surface area contributed by atoms with Gasteiger partial charge in [-0.1, -0.05) is 18.5 Å². The summed E-state index contributed by atoms with van der Waals surface area (Å²) < 4.78 is 0. The van der Waals surface area contributed by atoms with E-state index in [9.17, 15) is 10.1 Å². The van der Waals surface area contributed by atoms with Crippen LogP contribution in [0.1, 0.15) is 32.6 Å². The van der Waals surface area contributed by atoms with E-state index in [2.05, 4.69) is 17.2 Å². The highest BCUT2D eigenvalue weighted by atomic mass is 35.5. The van der Waals surface area contributed by atoms with Gasteiger partial charge in [0.2, 0.25) is 0 Å². The van der Waals surface area contributed by atoms with Gasteiger partial charge in [0.1, 0.15) is 17.0 Å². The molecule has 5 nitrogen and oxygen atoms in total. The van der Waals surface area contributed by atoms with Crippen LogP contribution in [-0.2, 0) is 0 Å². The van der Waals surface area contributed by atoms with Crippen molar-refractivity contribution in [3.8, 4) is 0 Å². The third kappa shape index (κ3) is 3.10. The standard InChI is InChI=1S/C12H16ClN3O2/c1-8-2-4-9(5-3-8)15-10-6-12(13)14-7-11(10)16(17)18/h6-9H,2-5H2,1H3,(H,14,15). The second-order valence-corrected chi connectivity index (χ2v) is 5.27. The minimum absolute atomic E-state index is 0.0157. The van der Waals surface area contributed by atoms with Gasteiger partial charge in [0.25, 0.3) is 0 Å². The summed E-state index contributed by atoms with van der Waals surface area (Å²) in [6, 6.07) is 1.82. The zero-order valence-electron chi connectivity index (χ0n) is 10.2. The van der Waals surface area contributed by atoms with Crippen molar-refractivity contribution in [1.29, 1.82) is 0 Å². The third-order valence-corrected chi connectivity index (χ3v) is 3.63. The Labute approximate surface area is 111 Å². The normalized spacial score (nSPS) is 23.7. The van der Waals surface area contributed by atoms with Crippen molar-refractivity contribution in [2.24, 2.45) is 5.92 Å². The van der Waals surface area contributed by atoms with Gasteiger partial charge in [0, 0.05) is 12.1 Å². The Kier molecular flexibility index (Phi) is 4.01. The maximum atomic E-state index is 10.9. The summed E-state index contributed by atoms with van der Waals surface area (Å²) in [7, 11) is 0. The van der Waals surface area contributed by atoms with Gasteiger partial charge in [-0.15, -0.1) is 0 Å². The van der Waals surface area contributed by atoms with Gasteiger partial charge in [0.05, 0.1) is 4.92 Å². The first kappa shape index (κ1) is 13.1. The molecule has 1 fully saturated rings. The number of rotatable bonds is 3. The number of anilines is 1. The first-order valence-electron chi connectivity index (χ1n) is 6.12. The average molecular weight is 270 g/mol. The molecule has 0 aromatic carbocycles. The van der Waals surface area contributed by atoms with Crippen molar-refractivity contribution in [3.05, 3.63) is 27.5 Å². The molecule has 1 heterocycles.